The number of rotatable bonds is 10. The number of anilines is 1. The zero-order valence-electron chi connectivity index (χ0n) is 19.9. The summed E-state index contributed by atoms with van der Waals surface area (Å²) >= 11 is 0. The number of benzene rings is 3. The average molecular weight is 497 g/mol. The van der Waals surface area contributed by atoms with Crippen LogP contribution in [0.5, 0.6) is 5.75 Å². The molecule has 3 aromatic carbocycles. The van der Waals surface area contributed by atoms with Crippen LogP contribution in [0.3, 0.4) is 0 Å². The van der Waals surface area contributed by atoms with E-state index in [2.05, 4.69) is 5.32 Å². The predicted molar refractivity (Wildman–Crippen MR) is 133 cm³/mol. The summed E-state index contributed by atoms with van der Waals surface area (Å²) in [6.45, 7) is 3.39. The van der Waals surface area contributed by atoms with Crippen LogP contribution in [0.4, 0.5) is 5.69 Å². The number of nitrogens with zero attached hydrogens (tertiary/aromatic N) is 1. The topological polar surface area (TPSA) is 102 Å². The Kier molecular flexibility index (Phi) is 8.48. The molecular weight excluding hydrogens is 468 g/mol. The number of amides is 1. The van der Waals surface area contributed by atoms with Crippen molar-refractivity contribution in [2.75, 3.05) is 24.6 Å². The lowest BCUT2D eigenvalue weighted by Crippen LogP contribution is -2.31. The second kappa shape index (κ2) is 11.5. The molecule has 3 aromatic rings. The van der Waals surface area contributed by atoms with E-state index in [1.54, 1.807) is 69.5 Å². The SMILES string of the molecule is CCN(c1ccccc1)S(=O)(=O)c1cc(C(=O)OCC(=O)NCc2ccc(OC)cc2)ccc1C. The number of nitrogens with one attached hydrogen (secondary N) is 1. The fraction of sp³-hybridized carbons (Fsp3) is 0.231. The van der Waals surface area contributed by atoms with Crippen molar-refractivity contribution in [3.63, 3.8) is 0 Å². The minimum Gasteiger partial charge on any atom is -0.497 e. The van der Waals surface area contributed by atoms with E-state index in [1.165, 1.54) is 16.4 Å². The Balaban J connectivity index is 1.67. The van der Waals surface area contributed by atoms with Crippen molar-refractivity contribution < 1.29 is 27.5 Å². The number of hydrogen-bond donors (Lipinski definition) is 1. The van der Waals surface area contributed by atoms with Gasteiger partial charge in [0.2, 0.25) is 0 Å². The normalized spacial score (nSPS) is 10.9. The Labute approximate surface area is 205 Å². The minimum absolute atomic E-state index is 0.00149. The number of hydrogen-bond acceptors (Lipinski definition) is 6. The molecule has 0 saturated carbocycles. The van der Waals surface area contributed by atoms with Gasteiger partial charge in [-0.25, -0.2) is 13.2 Å². The first kappa shape index (κ1) is 25.8. The number of methoxy groups -OCH3 is 1. The summed E-state index contributed by atoms with van der Waals surface area (Å²) < 4.78 is 38.3. The highest BCUT2D eigenvalue weighted by Gasteiger charge is 2.26. The average Bonchev–Trinajstić information content (AvgIpc) is 2.87. The summed E-state index contributed by atoms with van der Waals surface area (Å²) in [5.74, 6) is -0.557. The molecule has 0 radical (unpaired) electrons. The number of carbonyl (C=O) groups is 2. The van der Waals surface area contributed by atoms with Crippen LogP contribution in [0.2, 0.25) is 0 Å². The Morgan fingerprint density at radius 3 is 2.29 bits per heavy atom. The van der Waals surface area contributed by atoms with E-state index in [0.717, 1.165) is 5.56 Å². The van der Waals surface area contributed by atoms with Crippen molar-refractivity contribution in [3.05, 3.63) is 89.5 Å². The van der Waals surface area contributed by atoms with Crippen LogP contribution in [0.15, 0.2) is 77.7 Å². The van der Waals surface area contributed by atoms with Crippen LogP contribution < -0.4 is 14.4 Å². The molecule has 0 saturated heterocycles. The molecule has 0 spiro atoms. The molecule has 184 valence electrons. The first-order valence-corrected chi connectivity index (χ1v) is 12.5. The molecule has 1 amide bonds. The third kappa shape index (κ3) is 6.39. The van der Waals surface area contributed by atoms with Gasteiger partial charge in [-0.1, -0.05) is 36.4 Å². The summed E-state index contributed by atoms with van der Waals surface area (Å²) in [7, 11) is -2.36. The van der Waals surface area contributed by atoms with E-state index in [1.807, 2.05) is 12.1 Å². The fourth-order valence-electron chi connectivity index (χ4n) is 3.42. The van der Waals surface area contributed by atoms with E-state index in [0.29, 0.717) is 17.0 Å². The van der Waals surface area contributed by atoms with Gasteiger partial charge in [0, 0.05) is 13.1 Å². The van der Waals surface area contributed by atoms with Gasteiger partial charge in [0.15, 0.2) is 6.61 Å². The van der Waals surface area contributed by atoms with Crippen molar-refractivity contribution in [1.82, 2.24) is 5.32 Å². The summed E-state index contributed by atoms with van der Waals surface area (Å²) in [5.41, 5.74) is 1.92. The molecule has 9 heteroatoms. The molecule has 3 rings (SSSR count). The number of ether oxygens (including phenoxy) is 2. The van der Waals surface area contributed by atoms with Crippen LogP contribution >= 0.6 is 0 Å². The maximum Gasteiger partial charge on any atom is 0.338 e. The zero-order chi connectivity index (χ0) is 25.4. The molecule has 0 aliphatic heterocycles. The highest BCUT2D eigenvalue weighted by atomic mass is 32.2. The molecule has 1 N–H and O–H groups in total. The van der Waals surface area contributed by atoms with Crippen molar-refractivity contribution in [2.45, 2.75) is 25.3 Å². The Morgan fingerprint density at radius 1 is 0.971 bits per heavy atom. The lowest BCUT2D eigenvalue weighted by molar-refractivity contribution is -0.124. The van der Waals surface area contributed by atoms with Crippen molar-refractivity contribution in [1.29, 1.82) is 0 Å². The maximum absolute atomic E-state index is 13.4. The minimum atomic E-state index is -3.93. The van der Waals surface area contributed by atoms with Gasteiger partial charge in [0.05, 0.1) is 23.3 Å². The monoisotopic (exact) mass is 496 g/mol. The summed E-state index contributed by atoms with van der Waals surface area (Å²) in [6, 6.07) is 20.2. The smallest absolute Gasteiger partial charge is 0.338 e. The van der Waals surface area contributed by atoms with Crippen LogP contribution in [0, 0.1) is 6.92 Å². The van der Waals surface area contributed by atoms with Crippen LogP contribution in [0.1, 0.15) is 28.4 Å². The molecule has 0 atom stereocenters. The second-order valence-electron chi connectivity index (χ2n) is 7.69. The van der Waals surface area contributed by atoms with Gasteiger partial charge in [-0.3, -0.25) is 9.10 Å². The molecule has 8 nitrogen and oxygen atoms in total. The molecule has 0 fully saturated rings. The number of carbonyl (C=O) groups excluding carboxylic acids is 2. The highest BCUT2D eigenvalue weighted by molar-refractivity contribution is 7.92. The van der Waals surface area contributed by atoms with E-state index in [4.69, 9.17) is 9.47 Å². The molecular formula is C26H28N2O6S. The van der Waals surface area contributed by atoms with Crippen molar-refractivity contribution in [2.24, 2.45) is 0 Å². The van der Waals surface area contributed by atoms with Crippen molar-refractivity contribution in [3.8, 4) is 5.75 Å². The number of aryl methyl sites for hydroxylation is 1. The van der Waals surface area contributed by atoms with Crippen LogP contribution in [-0.2, 0) is 26.1 Å². The van der Waals surface area contributed by atoms with Crippen LogP contribution in [-0.4, -0.2) is 40.6 Å². The number of sulfonamides is 1. The van der Waals surface area contributed by atoms with E-state index >= 15 is 0 Å². The van der Waals surface area contributed by atoms with E-state index < -0.39 is 28.5 Å². The molecule has 0 bridgehead atoms. The lowest BCUT2D eigenvalue weighted by atomic mass is 10.1. The lowest BCUT2D eigenvalue weighted by Gasteiger charge is -2.24. The summed E-state index contributed by atoms with van der Waals surface area (Å²) in [5, 5.41) is 2.67. The van der Waals surface area contributed by atoms with Gasteiger partial charge >= 0.3 is 5.97 Å². The Hall–Kier alpha value is -3.85. The first-order valence-electron chi connectivity index (χ1n) is 11.0. The zero-order valence-corrected chi connectivity index (χ0v) is 20.7. The summed E-state index contributed by atoms with van der Waals surface area (Å²) in [4.78, 5) is 24.7. The summed E-state index contributed by atoms with van der Waals surface area (Å²) in [6.07, 6.45) is 0. The molecule has 0 unspecified atom stereocenters. The molecule has 0 aliphatic carbocycles. The van der Waals surface area contributed by atoms with Gasteiger partial charge in [-0.2, -0.15) is 0 Å². The van der Waals surface area contributed by atoms with E-state index in [9.17, 15) is 18.0 Å². The molecule has 0 aliphatic rings. The Morgan fingerprint density at radius 2 is 1.66 bits per heavy atom. The third-order valence-corrected chi connectivity index (χ3v) is 7.35. The molecule has 35 heavy (non-hydrogen) atoms. The van der Waals surface area contributed by atoms with Crippen LogP contribution in [0.25, 0.3) is 0 Å². The molecule has 0 aromatic heterocycles. The largest absolute Gasteiger partial charge is 0.497 e. The van der Waals surface area contributed by atoms with E-state index in [-0.39, 0.29) is 23.5 Å². The predicted octanol–water partition coefficient (Wildman–Crippen LogP) is 3.69. The third-order valence-electron chi connectivity index (χ3n) is 5.31. The van der Waals surface area contributed by atoms with Gasteiger partial charge in [-0.15, -0.1) is 0 Å². The highest BCUT2D eigenvalue weighted by Crippen LogP contribution is 2.26. The molecule has 0 heterocycles. The first-order chi connectivity index (χ1) is 16.8. The standard InChI is InChI=1S/C26H28N2O6S/c1-4-28(22-8-6-5-7-9-22)35(31,32)24-16-21(13-10-19(24)2)26(30)34-18-25(29)27-17-20-11-14-23(33-3)15-12-20/h5-16H,4,17-18H2,1-3H3,(H,27,29). The van der Waals surface area contributed by atoms with Gasteiger partial charge in [-0.05, 0) is 61.4 Å². The van der Waals surface area contributed by atoms with Crippen molar-refractivity contribution >= 4 is 27.6 Å². The second-order valence-corrected chi connectivity index (χ2v) is 9.52. The quantitative estimate of drug-likeness (QED) is 0.430. The maximum atomic E-state index is 13.4. The van der Waals surface area contributed by atoms with Gasteiger partial charge in [0.1, 0.15) is 5.75 Å². The van der Waals surface area contributed by atoms with Gasteiger partial charge < -0.3 is 14.8 Å². The Bertz CT molecular complexity index is 1270. The van der Waals surface area contributed by atoms with Gasteiger partial charge in [0.25, 0.3) is 15.9 Å². The fourth-order valence-corrected chi connectivity index (χ4v) is 5.15. The number of para-hydroxylation sites is 1. The number of esters is 1.